The standard InChI is InChI=1S/C14H11ClFNO5S/c1-22-13-5-2-8(15)6-12(13)17-23(20,21)9-3-4-11(16)10(7-9)14(18)19/h2-7,17H,1H3,(H,18,19). The molecule has 2 rings (SSSR count). The van der Waals surface area contributed by atoms with Crippen molar-refractivity contribution in [2.75, 3.05) is 11.8 Å². The van der Waals surface area contributed by atoms with Crippen LogP contribution in [-0.4, -0.2) is 26.6 Å². The van der Waals surface area contributed by atoms with Crippen LogP contribution in [0.25, 0.3) is 0 Å². The Bertz CT molecular complexity index is 869. The molecule has 0 aliphatic carbocycles. The summed E-state index contributed by atoms with van der Waals surface area (Å²) in [6.45, 7) is 0. The van der Waals surface area contributed by atoms with Crippen LogP contribution in [-0.2, 0) is 10.0 Å². The van der Waals surface area contributed by atoms with Crippen molar-refractivity contribution >= 4 is 33.3 Å². The van der Waals surface area contributed by atoms with E-state index in [-0.39, 0.29) is 16.5 Å². The lowest BCUT2D eigenvalue weighted by molar-refractivity contribution is 0.0691. The van der Waals surface area contributed by atoms with Crippen molar-refractivity contribution in [2.24, 2.45) is 0 Å². The molecule has 0 atom stereocenters. The summed E-state index contributed by atoms with van der Waals surface area (Å²) in [6, 6.07) is 6.77. The van der Waals surface area contributed by atoms with Gasteiger partial charge in [0.25, 0.3) is 10.0 Å². The van der Waals surface area contributed by atoms with Crippen LogP contribution in [0.2, 0.25) is 5.02 Å². The smallest absolute Gasteiger partial charge is 0.338 e. The third kappa shape index (κ3) is 3.72. The molecule has 0 unspecified atom stereocenters. The predicted octanol–water partition coefficient (Wildman–Crippen LogP) is 2.99. The zero-order valence-corrected chi connectivity index (χ0v) is 13.3. The van der Waals surface area contributed by atoms with E-state index in [0.29, 0.717) is 0 Å². The number of carbonyl (C=O) groups is 1. The molecule has 9 heteroatoms. The maximum atomic E-state index is 13.4. The third-order valence-corrected chi connectivity index (χ3v) is 4.48. The number of hydrogen-bond donors (Lipinski definition) is 2. The normalized spacial score (nSPS) is 11.1. The van der Waals surface area contributed by atoms with Crippen molar-refractivity contribution in [3.05, 3.63) is 52.8 Å². The lowest BCUT2D eigenvalue weighted by Gasteiger charge is -2.12. The number of ether oxygens (including phenoxy) is 1. The van der Waals surface area contributed by atoms with Crippen molar-refractivity contribution in [2.45, 2.75) is 4.90 Å². The molecule has 122 valence electrons. The van der Waals surface area contributed by atoms with Crippen LogP contribution in [0.1, 0.15) is 10.4 Å². The molecule has 6 nitrogen and oxygen atoms in total. The van der Waals surface area contributed by atoms with Crippen LogP contribution >= 0.6 is 11.6 Å². The average Bonchev–Trinajstić information content (AvgIpc) is 2.47. The van der Waals surface area contributed by atoms with E-state index < -0.39 is 32.3 Å². The molecule has 0 radical (unpaired) electrons. The van der Waals surface area contributed by atoms with Crippen LogP contribution in [0.5, 0.6) is 5.75 Å². The molecule has 0 aliphatic heterocycles. The number of benzene rings is 2. The number of sulfonamides is 1. The maximum absolute atomic E-state index is 13.4. The Labute approximate surface area is 136 Å². The molecule has 2 aromatic carbocycles. The summed E-state index contributed by atoms with van der Waals surface area (Å²) in [5.41, 5.74) is -0.674. The van der Waals surface area contributed by atoms with Crippen LogP contribution < -0.4 is 9.46 Å². The molecular weight excluding hydrogens is 349 g/mol. The largest absolute Gasteiger partial charge is 0.495 e. The molecule has 0 bridgehead atoms. The zero-order chi connectivity index (χ0) is 17.2. The van der Waals surface area contributed by atoms with Crippen LogP contribution in [0, 0.1) is 5.82 Å². The van der Waals surface area contributed by atoms with Gasteiger partial charge in [-0.05, 0) is 36.4 Å². The quantitative estimate of drug-likeness (QED) is 0.856. The van der Waals surface area contributed by atoms with Crippen LogP contribution in [0.3, 0.4) is 0 Å². The Balaban J connectivity index is 2.46. The molecule has 0 amide bonds. The maximum Gasteiger partial charge on any atom is 0.338 e. The Morgan fingerprint density at radius 3 is 2.57 bits per heavy atom. The summed E-state index contributed by atoms with van der Waals surface area (Å²) in [5.74, 6) is -2.38. The van der Waals surface area contributed by atoms with Gasteiger partial charge in [0, 0.05) is 5.02 Å². The van der Waals surface area contributed by atoms with E-state index in [2.05, 4.69) is 4.72 Å². The van der Waals surface area contributed by atoms with Gasteiger partial charge < -0.3 is 9.84 Å². The SMILES string of the molecule is COc1ccc(Cl)cc1NS(=O)(=O)c1ccc(F)c(C(=O)O)c1. The molecule has 0 aliphatic rings. The van der Waals surface area contributed by atoms with E-state index in [9.17, 15) is 17.6 Å². The number of anilines is 1. The highest BCUT2D eigenvalue weighted by Crippen LogP contribution is 2.30. The van der Waals surface area contributed by atoms with Gasteiger partial charge in [0.15, 0.2) is 0 Å². The van der Waals surface area contributed by atoms with Gasteiger partial charge >= 0.3 is 5.97 Å². The van der Waals surface area contributed by atoms with Gasteiger partial charge in [-0.25, -0.2) is 17.6 Å². The highest BCUT2D eigenvalue weighted by molar-refractivity contribution is 7.92. The molecule has 0 spiro atoms. The Morgan fingerprint density at radius 2 is 1.96 bits per heavy atom. The molecule has 2 N–H and O–H groups in total. The molecule has 0 saturated heterocycles. The molecule has 23 heavy (non-hydrogen) atoms. The number of hydrogen-bond acceptors (Lipinski definition) is 4. The fourth-order valence-electron chi connectivity index (χ4n) is 1.80. The van der Waals surface area contributed by atoms with Gasteiger partial charge in [0.1, 0.15) is 11.6 Å². The number of methoxy groups -OCH3 is 1. The topological polar surface area (TPSA) is 92.7 Å². The van der Waals surface area contributed by atoms with Gasteiger partial charge in [0.05, 0.1) is 23.3 Å². The molecule has 0 saturated carbocycles. The predicted molar refractivity (Wildman–Crippen MR) is 82.2 cm³/mol. The zero-order valence-electron chi connectivity index (χ0n) is 11.7. The minimum atomic E-state index is -4.15. The summed E-state index contributed by atoms with van der Waals surface area (Å²) >= 11 is 5.82. The Morgan fingerprint density at radius 1 is 1.26 bits per heavy atom. The van der Waals surface area contributed by atoms with Gasteiger partial charge in [-0.3, -0.25) is 4.72 Å². The first-order valence-corrected chi connectivity index (χ1v) is 8.00. The second kappa shape index (κ2) is 6.43. The Kier molecular flexibility index (Phi) is 4.76. The average molecular weight is 360 g/mol. The van der Waals surface area contributed by atoms with E-state index in [0.717, 1.165) is 18.2 Å². The van der Waals surface area contributed by atoms with E-state index in [1.807, 2.05) is 0 Å². The molecule has 2 aromatic rings. The summed E-state index contributed by atoms with van der Waals surface area (Å²) in [4.78, 5) is 10.5. The van der Waals surface area contributed by atoms with Crippen molar-refractivity contribution in [1.82, 2.24) is 0 Å². The fourth-order valence-corrected chi connectivity index (χ4v) is 3.06. The summed E-state index contributed by atoms with van der Waals surface area (Å²) in [7, 11) is -2.81. The first-order chi connectivity index (χ1) is 10.7. The summed E-state index contributed by atoms with van der Waals surface area (Å²) in [6.07, 6.45) is 0. The number of carboxylic acids is 1. The van der Waals surface area contributed by atoms with Gasteiger partial charge in [-0.1, -0.05) is 11.6 Å². The van der Waals surface area contributed by atoms with Crippen molar-refractivity contribution in [3.8, 4) is 5.75 Å². The van der Waals surface area contributed by atoms with Crippen molar-refractivity contribution < 1.29 is 27.4 Å². The minimum absolute atomic E-state index is 0.0706. The van der Waals surface area contributed by atoms with Gasteiger partial charge in [-0.2, -0.15) is 0 Å². The third-order valence-electron chi connectivity index (χ3n) is 2.88. The molecule has 0 fully saturated rings. The van der Waals surface area contributed by atoms with E-state index >= 15 is 0 Å². The minimum Gasteiger partial charge on any atom is -0.495 e. The number of halogens is 2. The second-order valence-electron chi connectivity index (χ2n) is 4.40. The van der Waals surface area contributed by atoms with Crippen LogP contribution in [0.15, 0.2) is 41.3 Å². The lowest BCUT2D eigenvalue weighted by Crippen LogP contribution is -2.15. The molecule has 0 heterocycles. The number of carboxylic acid groups (broad SMARTS) is 1. The fraction of sp³-hybridized carbons (Fsp3) is 0.0714. The van der Waals surface area contributed by atoms with E-state index in [4.69, 9.17) is 21.4 Å². The highest BCUT2D eigenvalue weighted by Gasteiger charge is 2.20. The van der Waals surface area contributed by atoms with E-state index in [1.165, 1.54) is 25.3 Å². The highest BCUT2D eigenvalue weighted by atomic mass is 35.5. The van der Waals surface area contributed by atoms with Gasteiger partial charge in [-0.15, -0.1) is 0 Å². The van der Waals surface area contributed by atoms with E-state index in [1.54, 1.807) is 0 Å². The van der Waals surface area contributed by atoms with Crippen molar-refractivity contribution in [1.29, 1.82) is 0 Å². The molecule has 0 aromatic heterocycles. The number of aromatic carboxylic acids is 1. The monoisotopic (exact) mass is 359 g/mol. The number of rotatable bonds is 5. The molecular formula is C14H11ClFNO5S. The summed E-state index contributed by atoms with van der Waals surface area (Å²) < 4.78 is 45.3. The lowest BCUT2D eigenvalue weighted by atomic mass is 10.2. The number of nitrogens with one attached hydrogen (secondary N) is 1. The second-order valence-corrected chi connectivity index (χ2v) is 6.52. The first-order valence-electron chi connectivity index (χ1n) is 6.14. The van der Waals surface area contributed by atoms with Crippen LogP contribution in [0.4, 0.5) is 10.1 Å². The van der Waals surface area contributed by atoms with Gasteiger partial charge in [0.2, 0.25) is 0 Å². The first kappa shape index (κ1) is 17.0. The van der Waals surface area contributed by atoms with Crippen molar-refractivity contribution in [3.63, 3.8) is 0 Å². The summed E-state index contributed by atoms with van der Waals surface area (Å²) in [5, 5.41) is 9.14. The Hall–Kier alpha value is -2.32.